The fraction of sp³-hybridized carbons (Fsp3) is 0.190. The van der Waals surface area contributed by atoms with Crippen LogP contribution < -0.4 is 9.47 Å². The predicted octanol–water partition coefficient (Wildman–Crippen LogP) is 4.01. The summed E-state index contributed by atoms with van der Waals surface area (Å²) in [5, 5.41) is 2.35. The minimum absolute atomic E-state index is 0.190. The van der Waals surface area contributed by atoms with Gasteiger partial charge in [0.05, 0.1) is 13.2 Å². The highest BCUT2D eigenvalue weighted by Gasteiger charge is 2.18. The summed E-state index contributed by atoms with van der Waals surface area (Å²) < 4.78 is 16.3. The molecule has 0 saturated carbocycles. The summed E-state index contributed by atoms with van der Waals surface area (Å²) in [6.07, 6.45) is 0.786. The molecule has 2 aromatic carbocycles. The van der Waals surface area contributed by atoms with E-state index in [0.29, 0.717) is 30.3 Å². The van der Waals surface area contributed by atoms with Gasteiger partial charge in [0.1, 0.15) is 5.01 Å². The summed E-state index contributed by atoms with van der Waals surface area (Å²) in [5.74, 6) is 0.201. The van der Waals surface area contributed by atoms with Crippen LogP contribution in [0, 0.1) is 0 Å². The van der Waals surface area contributed by atoms with Crippen LogP contribution in [-0.2, 0) is 4.74 Å². The number of carbonyl (C=O) groups is 2. The maximum Gasteiger partial charge on any atom is 0.358 e. The van der Waals surface area contributed by atoms with Crippen molar-refractivity contribution in [1.29, 1.82) is 0 Å². The Bertz CT molecular complexity index is 999. The largest absolute Gasteiger partial charge is 0.490 e. The molecule has 0 unspecified atom stereocenters. The first-order chi connectivity index (χ1) is 13.7. The van der Waals surface area contributed by atoms with Crippen LogP contribution in [0.3, 0.4) is 0 Å². The van der Waals surface area contributed by atoms with E-state index in [1.165, 1.54) is 11.3 Å². The molecule has 142 valence electrons. The average Bonchev–Trinajstić information content (AvgIpc) is 3.11. The van der Waals surface area contributed by atoms with Crippen molar-refractivity contribution in [3.63, 3.8) is 0 Å². The van der Waals surface area contributed by atoms with Crippen LogP contribution in [0.15, 0.2) is 53.9 Å². The van der Waals surface area contributed by atoms with Crippen LogP contribution in [0.2, 0.25) is 0 Å². The summed E-state index contributed by atoms with van der Waals surface area (Å²) >= 11 is 1.35. The second-order valence-electron chi connectivity index (χ2n) is 6.12. The molecule has 0 fully saturated rings. The molecule has 6 nitrogen and oxygen atoms in total. The number of Topliss-reactive ketones (excluding diaryl/α,β-unsaturated/α-hetero) is 1. The molecule has 1 aliphatic rings. The number of fused-ring (bicyclic) bond motifs is 1. The topological polar surface area (TPSA) is 74.7 Å². The first kappa shape index (κ1) is 18.2. The van der Waals surface area contributed by atoms with Gasteiger partial charge in [-0.25, -0.2) is 9.78 Å². The minimum Gasteiger partial charge on any atom is -0.490 e. The molecule has 0 radical (unpaired) electrons. The van der Waals surface area contributed by atoms with Gasteiger partial charge in [0, 0.05) is 22.9 Å². The SMILES string of the molecule is O=C(COC(=O)c1csc(-c2ccccc2)n1)c1ccc2c(c1)OCCCO2. The lowest BCUT2D eigenvalue weighted by atomic mass is 10.1. The van der Waals surface area contributed by atoms with E-state index in [2.05, 4.69) is 4.98 Å². The summed E-state index contributed by atoms with van der Waals surface area (Å²) in [4.78, 5) is 28.9. The zero-order valence-corrected chi connectivity index (χ0v) is 15.7. The third-order valence-electron chi connectivity index (χ3n) is 4.14. The Morgan fingerprint density at radius 1 is 1.04 bits per heavy atom. The Morgan fingerprint density at radius 3 is 2.64 bits per heavy atom. The maximum atomic E-state index is 12.4. The second kappa shape index (κ2) is 8.22. The van der Waals surface area contributed by atoms with Gasteiger partial charge in [0.2, 0.25) is 0 Å². The molecule has 1 aromatic heterocycles. The Labute approximate surface area is 165 Å². The number of rotatable bonds is 5. The van der Waals surface area contributed by atoms with E-state index in [1.807, 2.05) is 30.3 Å². The molecule has 0 bridgehead atoms. The highest BCUT2D eigenvalue weighted by Crippen LogP contribution is 2.30. The van der Waals surface area contributed by atoms with Crippen LogP contribution in [0.5, 0.6) is 11.5 Å². The molecule has 0 amide bonds. The smallest absolute Gasteiger partial charge is 0.358 e. The number of ether oxygens (including phenoxy) is 3. The fourth-order valence-corrected chi connectivity index (χ4v) is 3.50. The van der Waals surface area contributed by atoms with Gasteiger partial charge in [-0.05, 0) is 18.2 Å². The Hall–Kier alpha value is -3.19. The first-order valence-corrected chi connectivity index (χ1v) is 9.69. The molecule has 0 spiro atoms. The van der Waals surface area contributed by atoms with Crippen molar-refractivity contribution in [2.45, 2.75) is 6.42 Å². The molecular weight excluding hydrogens is 378 g/mol. The van der Waals surface area contributed by atoms with E-state index in [1.54, 1.807) is 23.6 Å². The normalized spacial score (nSPS) is 12.9. The Balaban J connectivity index is 1.39. The van der Waals surface area contributed by atoms with E-state index in [0.717, 1.165) is 17.0 Å². The zero-order valence-electron chi connectivity index (χ0n) is 14.9. The monoisotopic (exact) mass is 395 g/mol. The minimum atomic E-state index is -0.624. The lowest BCUT2D eigenvalue weighted by Gasteiger charge is -2.09. The molecule has 0 aliphatic carbocycles. The van der Waals surface area contributed by atoms with Crippen molar-refractivity contribution < 1.29 is 23.8 Å². The van der Waals surface area contributed by atoms with Gasteiger partial charge in [-0.1, -0.05) is 30.3 Å². The summed E-state index contributed by atoms with van der Waals surface area (Å²) in [5.41, 5.74) is 1.52. The number of thiazole rings is 1. The maximum absolute atomic E-state index is 12.4. The van der Waals surface area contributed by atoms with Crippen LogP contribution in [0.4, 0.5) is 0 Å². The number of hydrogen-bond acceptors (Lipinski definition) is 7. The summed E-state index contributed by atoms with van der Waals surface area (Å²) in [7, 11) is 0. The molecule has 0 saturated heterocycles. The van der Waals surface area contributed by atoms with Crippen molar-refractivity contribution in [3.8, 4) is 22.1 Å². The van der Waals surface area contributed by atoms with Gasteiger partial charge in [-0.3, -0.25) is 4.79 Å². The number of esters is 1. The first-order valence-electron chi connectivity index (χ1n) is 8.81. The van der Waals surface area contributed by atoms with Crippen LogP contribution in [-0.4, -0.2) is 36.6 Å². The lowest BCUT2D eigenvalue weighted by molar-refractivity contribution is 0.0470. The van der Waals surface area contributed by atoms with E-state index in [9.17, 15) is 9.59 Å². The summed E-state index contributed by atoms with van der Waals surface area (Å²) in [6.45, 7) is 0.750. The molecule has 1 aliphatic heterocycles. The van der Waals surface area contributed by atoms with Gasteiger partial charge in [0.25, 0.3) is 0 Å². The quantitative estimate of drug-likeness (QED) is 0.480. The van der Waals surface area contributed by atoms with Crippen LogP contribution in [0.25, 0.3) is 10.6 Å². The molecule has 4 rings (SSSR count). The molecule has 2 heterocycles. The van der Waals surface area contributed by atoms with Crippen molar-refractivity contribution in [3.05, 3.63) is 65.2 Å². The predicted molar refractivity (Wildman–Crippen MR) is 104 cm³/mol. The Kier molecular flexibility index (Phi) is 5.34. The fourth-order valence-electron chi connectivity index (χ4n) is 2.71. The molecule has 3 aromatic rings. The molecule has 28 heavy (non-hydrogen) atoms. The number of aromatic nitrogens is 1. The zero-order chi connectivity index (χ0) is 19.3. The lowest BCUT2D eigenvalue weighted by Crippen LogP contribution is -2.14. The van der Waals surface area contributed by atoms with Gasteiger partial charge >= 0.3 is 5.97 Å². The van der Waals surface area contributed by atoms with Gasteiger partial charge < -0.3 is 14.2 Å². The van der Waals surface area contributed by atoms with Crippen molar-refractivity contribution in [2.75, 3.05) is 19.8 Å². The van der Waals surface area contributed by atoms with Crippen LogP contribution >= 0.6 is 11.3 Å². The number of ketones is 1. The number of hydrogen-bond donors (Lipinski definition) is 0. The Morgan fingerprint density at radius 2 is 1.82 bits per heavy atom. The highest BCUT2D eigenvalue weighted by molar-refractivity contribution is 7.13. The molecule has 7 heteroatoms. The average molecular weight is 395 g/mol. The third-order valence-corrected chi connectivity index (χ3v) is 5.03. The van der Waals surface area contributed by atoms with Gasteiger partial charge in [-0.2, -0.15) is 0 Å². The second-order valence-corrected chi connectivity index (χ2v) is 6.97. The van der Waals surface area contributed by atoms with Crippen molar-refractivity contribution >= 4 is 23.1 Å². The molecule has 0 N–H and O–H groups in total. The van der Waals surface area contributed by atoms with Gasteiger partial charge in [0.15, 0.2) is 29.6 Å². The van der Waals surface area contributed by atoms with E-state index >= 15 is 0 Å². The third kappa shape index (κ3) is 4.04. The van der Waals surface area contributed by atoms with E-state index < -0.39 is 5.97 Å². The van der Waals surface area contributed by atoms with E-state index in [-0.39, 0.29) is 18.1 Å². The number of carbonyl (C=O) groups excluding carboxylic acids is 2. The van der Waals surface area contributed by atoms with Crippen LogP contribution in [0.1, 0.15) is 27.3 Å². The van der Waals surface area contributed by atoms with E-state index in [4.69, 9.17) is 14.2 Å². The molecule has 0 atom stereocenters. The summed E-state index contributed by atoms with van der Waals surface area (Å²) in [6, 6.07) is 14.5. The molecular formula is C21H17NO5S. The highest BCUT2D eigenvalue weighted by atomic mass is 32.1. The number of nitrogens with zero attached hydrogens (tertiary/aromatic N) is 1. The van der Waals surface area contributed by atoms with Gasteiger partial charge in [-0.15, -0.1) is 11.3 Å². The number of benzene rings is 2. The van der Waals surface area contributed by atoms with Crippen molar-refractivity contribution in [2.24, 2.45) is 0 Å². The standard InChI is InChI=1S/C21H17NO5S/c23-17(15-7-8-18-19(11-15)26-10-4-9-25-18)12-27-21(24)16-13-28-20(22-16)14-5-2-1-3-6-14/h1-3,5-8,11,13H,4,9-10,12H2. The van der Waals surface area contributed by atoms with Crippen molar-refractivity contribution in [1.82, 2.24) is 4.98 Å².